The Kier molecular flexibility index (Phi) is 2.11. The lowest BCUT2D eigenvalue weighted by atomic mass is 10.1. The summed E-state index contributed by atoms with van der Waals surface area (Å²) in [5.41, 5.74) is 2.16. The second-order valence-corrected chi connectivity index (χ2v) is 3.39. The molecule has 2 aromatic rings. The summed E-state index contributed by atoms with van der Waals surface area (Å²) in [5.74, 6) is 0.912. The zero-order chi connectivity index (χ0) is 9.26. The molecule has 0 saturated heterocycles. The Balaban J connectivity index is 2.46. The van der Waals surface area contributed by atoms with Gasteiger partial charge >= 0.3 is 0 Å². The van der Waals surface area contributed by atoms with E-state index in [1.54, 1.807) is 6.26 Å². The molecule has 1 nitrogen and oxygen atoms in total. The molecular formula is C11H9ClO. The molecule has 2 heteroatoms. The minimum Gasteiger partial charge on any atom is -0.469 e. The van der Waals surface area contributed by atoms with Crippen molar-refractivity contribution in [2.75, 3.05) is 0 Å². The second kappa shape index (κ2) is 3.27. The monoisotopic (exact) mass is 192 g/mol. The molecule has 0 aliphatic carbocycles. The van der Waals surface area contributed by atoms with Crippen molar-refractivity contribution in [2.24, 2.45) is 0 Å². The third-order valence-electron chi connectivity index (χ3n) is 1.89. The van der Waals surface area contributed by atoms with Crippen LogP contribution in [0.4, 0.5) is 0 Å². The Morgan fingerprint density at radius 3 is 2.62 bits per heavy atom. The smallest absolute Gasteiger partial charge is 0.101 e. The number of hydrogen-bond donors (Lipinski definition) is 0. The number of benzene rings is 1. The molecule has 66 valence electrons. The zero-order valence-electron chi connectivity index (χ0n) is 7.25. The molecular weight excluding hydrogens is 184 g/mol. The van der Waals surface area contributed by atoms with Gasteiger partial charge in [-0.05, 0) is 30.7 Å². The number of furan rings is 1. The Labute approximate surface area is 82.0 Å². The molecule has 13 heavy (non-hydrogen) atoms. The van der Waals surface area contributed by atoms with E-state index < -0.39 is 0 Å². The molecule has 0 amide bonds. The maximum Gasteiger partial charge on any atom is 0.101 e. The summed E-state index contributed by atoms with van der Waals surface area (Å²) >= 11 is 5.87. The van der Waals surface area contributed by atoms with Crippen LogP contribution in [-0.2, 0) is 0 Å². The molecule has 0 spiro atoms. The molecule has 2 rings (SSSR count). The minimum absolute atomic E-state index is 0.747. The van der Waals surface area contributed by atoms with E-state index in [9.17, 15) is 0 Å². The van der Waals surface area contributed by atoms with Gasteiger partial charge in [0.25, 0.3) is 0 Å². The van der Waals surface area contributed by atoms with Crippen LogP contribution in [0.2, 0.25) is 5.02 Å². The van der Waals surface area contributed by atoms with Crippen LogP contribution in [0, 0.1) is 6.92 Å². The highest BCUT2D eigenvalue weighted by molar-refractivity contribution is 6.30. The van der Waals surface area contributed by atoms with Gasteiger partial charge in [0.2, 0.25) is 0 Å². The third-order valence-corrected chi connectivity index (χ3v) is 2.12. The lowest BCUT2D eigenvalue weighted by Crippen LogP contribution is -1.72. The van der Waals surface area contributed by atoms with Crippen LogP contribution < -0.4 is 0 Å². The maximum atomic E-state index is 5.87. The van der Waals surface area contributed by atoms with Gasteiger partial charge in [0.05, 0.1) is 6.26 Å². The number of halogens is 1. The zero-order valence-corrected chi connectivity index (χ0v) is 8.01. The number of rotatable bonds is 1. The first-order valence-corrected chi connectivity index (χ1v) is 4.44. The van der Waals surface area contributed by atoms with E-state index in [0.717, 1.165) is 21.9 Å². The minimum atomic E-state index is 0.747. The van der Waals surface area contributed by atoms with Crippen molar-refractivity contribution >= 4 is 11.6 Å². The van der Waals surface area contributed by atoms with E-state index in [1.807, 2.05) is 37.3 Å². The summed E-state index contributed by atoms with van der Waals surface area (Å²) < 4.78 is 5.22. The SMILES string of the molecule is Cc1cc(-c2cccc(Cl)c2)co1. The fourth-order valence-corrected chi connectivity index (χ4v) is 1.45. The summed E-state index contributed by atoms with van der Waals surface area (Å²) in [6.45, 7) is 1.92. The average molecular weight is 193 g/mol. The molecule has 1 aromatic carbocycles. The van der Waals surface area contributed by atoms with Crippen molar-refractivity contribution in [3.8, 4) is 11.1 Å². The number of hydrogen-bond acceptors (Lipinski definition) is 1. The van der Waals surface area contributed by atoms with E-state index in [2.05, 4.69) is 0 Å². The van der Waals surface area contributed by atoms with Crippen LogP contribution in [0.25, 0.3) is 11.1 Å². The molecule has 0 unspecified atom stereocenters. The van der Waals surface area contributed by atoms with Gasteiger partial charge in [-0.25, -0.2) is 0 Å². The fraction of sp³-hybridized carbons (Fsp3) is 0.0909. The van der Waals surface area contributed by atoms with E-state index in [1.165, 1.54) is 0 Å². The maximum absolute atomic E-state index is 5.87. The van der Waals surface area contributed by atoms with Gasteiger partial charge in [-0.2, -0.15) is 0 Å². The van der Waals surface area contributed by atoms with Crippen molar-refractivity contribution in [1.29, 1.82) is 0 Å². The van der Waals surface area contributed by atoms with Crippen LogP contribution >= 0.6 is 11.6 Å². The van der Waals surface area contributed by atoms with Gasteiger partial charge < -0.3 is 4.42 Å². The van der Waals surface area contributed by atoms with Crippen molar-refractivity contribution in [1.82, 2.24) is 0 Å². The topological polar surface area (TPSA) is 13.1 Å². The van der Waals surface area contributed by atoms with Crippen molar-refractivity contribution < 1.29 is 4.42 Å². The van der Waals surface area contributed by atoms with E-state index >= 15 is 0 Å². The lowest BCUT2D eigenvalue weighted by molar-refractivity contribution is 0.535. The van der Waals surface area contributed by atoms with Gasteiger partial charge in [0.1, 0.15) is 5.76 Å². The molecule has 0 fully saturated rings. The second-order valence-electron chi connectivity index (χ2n) is 2.96. The van der Waals surface area contributed by atoms with E-state index in [4.69, 9.17) is 16.0 Å². The van der Waals surface area contributed by atoms with Gasteiger partial charge in [-0.1, -0.05) is 23.7 Å². The van der Waals surface area contributed by atoms with Crippen LogP contribution in [0.5, 0.6) is 0 Å². The molecule has 0 aliphatic heterocycles. The predicted molar refractivity (Wildman–Crippen MR) is 53.9 cm³/mol. The summed E-state index contributed by atoms with van der Waals surface area (Å²) in [4.78, 5) is 0. The van der Waals surface area contributed by atoms with Crippen LogP contribution in [0.3, 0.4) is 0 Å². The van der Waals surface area contributed by atoms with Crippen LogP contribution in [0.15, 0.2) is 41.0 Å². The Morgan fingerprint density at radius 1 is 1.15 bits per heavy atom. The summed E-state index contributed by atoms with van der Waals surface area (Å²) in [6.07, 6.45) is 1.74. The first kappa shape index (κ1) is 8.39. The Morgan fingerprint density at radius 2 is 2.00 bits per heavy atom. The van der Waals surface area contributed by atoms with E-state index in [0.29, 0.717) is 0 Å². The molecule has 1 heterocycles. The quantitative estimate of drug-likeness (QED) is 0.668. The van der Waals surface area contributed by atoms with Gasteiger partial charge in [-0.3, -0.25) is 0 Å². The lowest BCUT2D eigenvalue weighted by Gasteiger charge is -1.95. The van der Waals surface area contributed by atoms with Gasteiger partial charge in [0.15, 0.2) is 0 Å². The standard InChI is InChI=1S/C11H9ClO/c1-8-5-10(7-13-8)9-3-2-4-11(12)6-9/h2-7H,1H3. The Hall–Kier alpha value is -1.21. The summed E-state index contributed by atoms with van der Waals surface area (Å²) in [6, 6.07) is 9.71. The first-order valence-electron chi connectivity index (χ1n) is 4.07. The fourth-order valence-electron chi connectivity index (χ4n) is 1.26. The summed E-state index contributed by atoms with van der Waals surface area (Å²) in [7, 11) is 0. The first-order chi connectivity index (χ1) is 6.25. The molecule has 0 aliphatic rings. The number of aryl methyl sites for hydroxylation is 1. The average Bonchev–Trinajstić information content (AvgIpc) is 2.52. The Bertz CT molecular complexity index is 418. The highest BCUT2D eigenvalue weighted by atomic mass is 35.5. The third kappa shape index (κ3) is 1.76. The van der Waals surface area contributed by atoms with Crippen molar-refractivity contribution in [3.63, 3.8) is 0 Å². The van der Waals surface area contributed by atoms with Gasteiger partial charge in [0, 0.05) is 10.6 Å². The molecule has 0 bridgehead atoms. The van der Waals surface area contributed by atoms with E-state index in [-0.39, 0.29) is 0 Å². The molecule has 0 radical (unpaired) electrons. The largest absolute Gasteiger partial charge is 0.469 e. The summed E-state index contributed by atoms with van der Waals surface area (Å²) in [5, 5.41) is 0.747. The molecule has 0 atom stereocenters. The predicted octanol–water partition coefficient (Wildman–Crippen LogP) is 3.91. The molecule has 0 saturated carbocycles. The molecule has 1 aromatic heterocycles. The van der Waals surface area contributed by atoms with Gasteiger partial charge in [-0.15, -0.1) is 0 Å². The van der Waals surface area contributed by atoms with Crippen molar-refractivity contribution in [2.45, 2.75) is 6.92 Å². The van der Waals surface area contributed by atoms with Crippen molar-refractivity contribution in [3.05, 3.63) is 47.4 Å². The molecule has 0 N–H and O–H groups in total. The highest BCUT2D eigenvalue weighted by Gasteiger charge is 2.00. The highest BCUT2D eigenvalue weighted by Crippen LogP contribution is 2.24. The van der Waals surface area contributed by atoms with Crippen LogP contribution in [-0.4, -0.2) is 0 Å². The normalized spacial score (nSPS) is 10.3. The van der Waals surface area contributed by atoms with Crippen LogP contribution in [0.1, 0.15) is 5.76 Å².